The first-order valence-corrected chi connectivity index (χ1v) is 8.57. The maximum Gasteiger partial charge on any atom is 0.328 e. The molecule has 2 unspecified atom stereocenters. The first kappa shape index (κ1) is 14.7. The lowest BCUT2D eigenvalue weighted by atomic mass is 10.5. The van der Waals surface area contributed by atoms with Gasteiger partial charge in [-0.1, -0.05) is 6.92 Å². The van der Waals surface area contributed by atoms with E-state index >= 15 is 0 Å². The molecule has 0 aromatic heterocycles. The van der Waals surface area contributed by atoms with Crippen molar-refractivity contribution in [1.29, 1.82) is 0 Å². The summed E-state index contributed by atoms with van der Waals surface area (Å²) in [4.78, 5) is 27.2. The molecule has 0 spiro atoms. The highest BCUT2D eigenvalue weighted by Gasteiger charge is 2.29. The molecular formula is C6H15O5P2S. The van der Waals surface area contributed by atoms with Gasteiger partial charge in [-0.25, -0.2) is 0 Å². The fraction of sp³-hybridized carbons (Fsp3) is 0.833. The lowest BCUT2D eigenvalue weighted by Gasteiger charge is -2.19. The van der Waals surface area contributed by atoms with Gasteiger partial charge in [0.1, 0.15) is 0 Å². The number of rotatable bonds is 6. The van der Waals surface area contributed by atoms with Crippen LogP contribution in [0.5, 0.6) is 0 Å². The highest BCUT2D eigenvalue weighted by Crippen LogP contribution is 2.51. The predicted molar refractivity (Wildman–Crippen MR) is 58.8 cm³/mol. The van der Waals surface area contributed by atoms with Crippen LogP contribution in [-0.4, -0.2) is 33.1 Å². The van der Waals surface area contributed by atoms with Crippen LogP contribution < -0.4 is 0 Å². The van der Waals surface area contributed by atoms with Crippen molar-refractivity contribution in [3.05, 3.63) is 6.92 Å². The molecule has 0 aliphatic heterocycles. The molecule has 0 aliphatic carbocycles. The molecule has 0 saturated heterocycles. The van der Waals surface area contributed by atoms with Gasteiger partial charge in [-0.3, -0.25) is 4.57 Å². The first-order valence-electron chi connectivity index (χ1n) is 4.03. The van der Waals surface area contributed by atoms with Crippen molar-refractivity contribution in [3.8, 4) is 0 Å². The Balaban J connectivity index is 4.22. The molecule has 0 aliphatic rings. The quantitative estimate of drug-likeness (QED) is 0.620. The van der Waals surface area contributed by atoms with Crippen molar-refractivity contribution in [3.63, 3.8) is 0 Å². The van der Waals surface area contributed by atoms with Crippen molar-refractivity contribution in [2.24, 2.45) is 0 Å². The Kier molecular flexibility index (Phi) is 6.00. The van der Waals surface area contributed by atoms with Crippen LogP contribution in [0.4, 0.5) is 0 Å². The molecule has 1 radical (unpaired) electrons. The van der Waals surface area contributed by atoms with Gasteiger partial charge in [0.05, 0.1) is 12.8 Å². The second-order valence-electron chi connectivity index (χ2n) is 2.90. The predicted octanol–water partition coefficient (Wildman–Crippen LogP) is 1.10. The molecule has 3 N–H and O–H groups in total. The van der Waals surface area contributed by atoms with Crippen LogP contribution in [0.15, 0.2) is 0 Å². The summed E-state index contributed by atoms with van der Waals surface area (Å²) in [5.74, 6) is 0. The Morgan fingerprint density at radius 3 is 2.36 bits per heavy atom. The minimum atomic E-state index is -3.78. The average molecular weight is 261 g/mol. The molecular weight excluding hydrogens is 246 g/mol. The molecule has 8 heteroatoms. The molecule has 0 saturated carbocycles. The number of hydrogen-bond acceptors (Lipinski definition) is 3. The Bertz CT molecular complexity index is 263. The van der Waals surface area contributed by atoms with E-state index in [0.29, 0.717) is 6.42 Å². The Morgan fingerprint density at radius 1 is 1.50 bits per heavy atom. The van der Waals surface area contributed by atoms with Gasteiger partial charge in [0.15, 0.2) is 6.49 Å². The van der Waals surface area contributed by atoms with Crippen molar-refractivity contribution >= 4 is 25.9 Å². The summed E-state index contributed by atoms with van der Waals surface area (Å²) in [5, 5.41) is 0. The highest BCUT2D eigenvalue weighted by molar-refractivity contribution is 8.09. The molecule has 0 aromatic carbocycles. The third-order valence-electron chi connectivity index (χ3n) is 1.41. The lowest BCUT2D eigenvalue weighted by Crippen LogP contribution is -2.11. The van der Waals surface area contributed by atoms with Gasteiger partial charge >= 0.3 is 7.60 Å². The van der Waals surface area contributed by atoms with Crippen molar-refractivity contribution in [1.82, 2.24) is 0 Å². The molecule has 0 fully saturated rings. The van der Waals surface area contributed by atoms with E-state index in [4.69, 9.17) is 9.79 Å². The molecule has 2 atom stereocenters. The van der Waals surface area contributed by atoms with E-state index < -0.39 is 25.9 Å². The SMILES string of the molecule is [CH2]C(CP(=O)(O)OCCC)P(O)(O)=S. The molecule has 0 rings (SSSR count). The van der Waals surface area contributed by atoms with Crippen LogP contribution in [0.1, 0.15) is 13.3 Å². The Hall–Kier alpha value is 0.720. The summed E-state index contributed by atoms with van der Waals surface area (Å²) in [6.07, 6.45) is 0.191. The third kappa shape index (κ3) is 6.25. The fourth-order valence-electron chi connectivity index (χ4n) is 0.659. The van der Waals surface area contributed by atoms with Gasteiger partial charge in [-0.15, -0.1) is 0 Å². The summed E-state index contributed by atoms with van der Waals surface area (Å²) in [5.41, 5.74) is -1.04. The largest absolute Gasteiger partial charge is 0.345 e. The molecule has 0 amide bonds. The second kappa shape index (κ2) is 5.71. The smallest absolute Gasteiger partial charge is 0.328 e. The van der Waals surface area contributed by atoms with E-state index in [1.165, 1.54) is 0 Å². The van der Waals surface area contributed by atoms with E-state index in [1.54, 1.807) is 6.92 Å². The van der Waals surface area contributed by atoms with E-state index in [0.717, 1.165) is 0 Å². The van der Waals surface area contributed by atoms with Gasteiger partial charge in [0.2, 0.25) is 0 Å². The standard InChI is InChI=1S/C6H15O5P2S/c1-3-4-11-12(7,8)5-6(2)13(9,10)14/h6H,2-5H2,1H3,(H,7,8)(H2,9,10,14). The van der Waals surface area contributed by atoms with Gasteiger partial charge < -0.3 is 19.2 Å². The molecule has 0 aromatic rings. The summed E-state index contributed by atoms with van der Waals surface area (Å²) in [6.45, 7) is 1.71. The lowest BCUT2D eigenvalue weighted by molar-refractivity contribution is 0.259. The van der Waals surface area contributed by atoms with Crippen LogP contribution in [0.25, 0.3) is 0 Å². The molecule has 0 heterocycles. The Morgan fingerprint density at radius 2 is 2.00 bits per heavy atom. The zero-order valence-electron chi connectivity index (χ0n) is 7.87. The average Bonchev–Trinajstić information content (AvgIpc) is 1.98. The normalized spacial score (nSPS) is 18.9. The Labute approximate surface area is 88.8 Å². The molecule has 85 valence electrons. The molecule has 0 bridgehead atoms. The summed E-state index contributed by atoms with van der Waals surface area (Å²) >= 11 is 4.36. The summed E-state index contributed by atoms with van der Waals surface area (Å²) < 4.78 is 15.9. The molecule has 5 nitrogen and oxygen atoms in total. The van der Waals surface area contributed by atoms with E-state index in [2.05, 4.69) is 23.3 Å². The first-order chi connectivity index (χ1) is 6.19. The fourth-order valence-corrected chi connectivity index (χ4v) is 3.84. The maximum atomic E-state index is 11.3. The van der Waals surface area contributed by atoms with Crippen molar-refractivity contribution in [2.45, 2.75) is 19.0 Å². The monoisotopic (exact) mass is 261 g/mol. The zero-order chi connectivity index (χ0) is 11.4. The van der Waals surface area contributed by atoms with Crippen molar-refractivity contribution < 1.29 is 23.8 Å². The van der Waals surface area contributed by atoms with Gasteiger partial charge in [-0.05, 0) is 25.2 Å². The molecule has 14 heavy (non-hydrogen) atoms. The minimum Gasteiger partial charge on any atom is -0.345 e. The van der Waals surface area contributed by atoms with Gasteiger partial charge in [0.25, 0.3) is 0 Å². The zero-order valence-corrected chi connectivity index (χ0v) is 10.5. The van der Waals surface area contributed by atoms with Crippen LogP contribution in [-0.2, 0) is 20.9 Å². The minimum absolute atomic E-state index is 0.153. The summed E-state index contributed by atoms with van der Waals surface area (Å²) in [6, 6.07) is 0. The topological polar surface area (TPSA) is 87.0 Å². The van der Waals surface area contributed by atoms with Crippen LogP contribution in [0, 0.1) is 6.92 Å². The van der Waals surface area contributed by atoms with Crippen molar-refractivity contribution in [2.75, 3.05) is 12.8 Å². The van der Waals surface area contributed by atoms with E-state index in [-0.39, 0.29) is 6.61 Å². The van der Waals surface area contributed by atoms with E-state index in [9.17, 15) is 9.46 Å². The van der Waals surface area contributed by atoms with E-state index in [1.807, 2.05) is 0 Å². The van der Waals surface area contributed by atoms with Crippen LogP contribution in [0.2, 0.25) is 0 Å². The van der Waals surface area contributed by atoms with Crippen LogP contribution in [0.3, 0.4) is 0 Å². The summed E-state index contributed by atoms with van der Waals surface area (Å²) in [7, 11) is -3.78. The number of hydrogen-bond donors (Lipinski definition) is 3. The second-order valence-corrected chi connectivity index (χ2v) is 8.32. The third-order valence-corrected chi connectivity index (χ3v) is 5.22. The maximum absolute atomic E-state index is 11.3. The van der Waals surface area contributed by atoms with Gasteiger partial charge in [-0.2, -0.15) is 0 Å². The van der Waals surface area contributed by atoms with Crippen LogP contribution >= 0.6 is 14.1 Å². The highest BCUT2D eigenvalue weighted by atomic mass is 32.5. The van der Waals surface area contributed by atoms with Gasteiger partial charge in [0, 0.05) is 5.66 Å².